The van der Waals surface area contributed by atoms with E-state index in [0.29, 0.717) is 12.5 Å². The maximum Gasteiger partial charge on any atom is 0.273 e. The van der Waals surface area contributed by atoms with Crippen LogP contribution in [-0.2, 0) is 6.54 Å². The quantitative estimate of drug-likeness (QED) is 0.844. The lowest BCUT2D eigenvalue weighted by atomic mass is 9.98. The molecule has 5 heteroatoms. The van der Waals surface area contributed by atoms with Gasteiger partial charge in [-0.2, -0.15) is 0 Å². The maximum absolute atomic E-state index is 13.2. The van der Waals surface area contributed by atoms with E-state index >= 15 is 0 Å². The predicted molar refractivity (Wildman–Crippen MR) is 82.0 cm³/mol. The van der Waals surface area contributed by atoms with Crippen molar-refractivity contribution in [3.8, 4) is 5.19 Å². The van der Waals surface area contributed by atoms with Crippen LogP contribution in [0.2, 0.25) is 0 Å². The summed E-state index contributed by atoms with van der Waals surface area (Å²) in [4.78, 5) is 6.52. The maximum atomic E-state index is 13.2. The second kappa shape index (κ2) is 7.00. The van der Waals surface area contributed by atoms with Gasteiger partial charge in [-0.05, 0) is 37.1 Å². The minimum atomic E-state index is -0.159. The molecule has 3 nitrogen and oxygen atoms in total. The van der Waals surface area contributed by atoms with E-state index in [9.17, 15) is 4.39 Å². The summed E-state index contributed by atoms with van der Waals surface area (Å²) < 4.78 is 19.0. The Labute approximate surface area is 128 Å². The fourth-order valence-corrected chi connectivity index (χ4v) is 3.29. The molecular weight excluding hydrogens is 287 g/mol. The molecule has 1 saturated heterocycles. The standard InChI is InChI=1S/C16H19FN2OS/c17-15-5-1-3-13(9-15)10-19-7-2-4-14(11-19)12-20-16-18-6-8-21-16/h1,3,5-6,8-9,14H,2,4,7,10-12H2. The Balaban J connectivity index is 1.51. The number of rotatable bonds is 5. The minimum absolute atomic E-state index is 0.159. The lowest BCUT2D eigenvalue weighted by Crippen LogP contribution is -2.37. The van der Waals surface area contributed by atoms with Crippen molar-refractivity contribution >= 4 is 11.3 Å². The molecule has 1 aromatic heterocycles. The number of halogens is 1. The van der Waals surface area contributed by atoms with E-state index in [1.54, 1.807) is 18.3 Å². The molecule has 0 saturated carbocycles. The van der Waals surface area contributed by atoms with Crippen LogP contribution in [0, 0.1) is 11.7 Å². The van der Waals surface area contributed by atoms with Gasteiger partial charge in [0.2, 0.25) is 0 Å². The molecule has 1 atom stereocenters. The fraction of sp³-hybridized carbons (Fsp3) is 0.438. The highest BCUT2D eigenvalue weighted by Gasteiger charge is 2.21. The molecule has 0 bridgehead atoms. The molecular formula is C16H19FN2OS. The van der Waals surface area contributed by atoms with Crippen molar-refractivity contribution in [3.63, 3.8) is 0 Å². The van der Waals surface area contributed by atoms with Crippen molar-refractivity contribution in [1.82, 2.24) is 9.88 Å². The first kappa shape index (κ1) is 14.5. The zero-order valence-electron chi connectivity index (χ0n) is 11.9. The Morgan fingerprint density at radius 3 is 3.19 bits per heavy atom. The highest BCUT2D eigenvalue weighted by Crippen LogP contribution is 2.21. The molecule has 112 valence electrons. The molecule has 1 aliphatic heterocycles. The fourth-order valence-electron chi connectivity index (χ4n) is 2.80. The molecule has 0 aliphatic carbocycles. The van der Waals surface area contributed by atoms with E-state index in [0.717, 1.165) is 30.4 Å². The van der Waals surface area contributed by atoms with Gasteiger partial charge in [0.1, 0.15) is 5.82 Å². The number of likely N-dealkylation sites (tertiary alicyclic amines) is 1. The van der Waals surface area contributed by atoms with Crippen molar-refractivity contribution in [3.05, 3.63) is 47.2 Å². The number of hydrogen-bond donors (Lipinski definition) is 0. The summed E-state index contributed by atoms with van der Waals surface area (Å²) in [5.41, 5.74) is 1.04. The average Bonchev–Trinajstić information content (AvgIpc) is 2.99. The summed E-state index contributed by atoms with van der Waals surface area (Å²) in [7, 11) is 0. The van der Waals surface area contributed by atoms with Crippen LogP contribution in [0.1, 0.15) is 18.4 Å². The van der Waals surface area contributed by atoms with Crippen LogP contribution in [0.4, 0.5) is 4.39 Å². The lowest BCUT2D eigenvalue weighted by Gasteiger charge is -2.32. The van der Waals surface area contributed by atoms with Gasteiger partial charge in [-0.3, -0.25) is 4.90 Å². The number of nitrogens with zero attached hydrogens (tertiary/aromatic N) is 2. The predicted octanol–water partition coefficient (Wildman–Crippen LogP) is 3.57. The zero-order valence-corrected chi connectivity index (χ0v) is 12.7. The minimum Gasteiger partial charge on any atom is -0.470 e. The second-order valence-electron chi connectivity index (χ2n) is 5.48. The average molecular weight is 306 g/mol. The van der Waals surface area contributed by atoms with Crippen LogP contribution < -0.4 is 4.74 Å². The molecule has 3 rings (SSSR count). The van der Waals surface area contributed by atoms with E-state index in [4.69, 9.17) is 4.74 Å². The van der Waals surface area contributed by atoms with Gasteiger partial charge in [0, 0.05) is 30.6 Å². The Morgan fingerprint density at radius 1 is 1.43 bits per heavy atom. The van der Waals surface area contributed by atoms with Gasteiger partial charge in [0.15, 0.2) is 0 Å². The number of benzene rings is 1. The SMILES string of the molecule is Fc1cccc(CN2CCCC(COc3nccs3)C2)c1. The summed E-state index contributed by atoms with van der Waals surface area (Å²) in [6, 6.07) is 6.87. The third-order valence-electron chi connectivity index (χ3n) is 3.75. The van der Waals surface area contributed by atoms with E-state index in [1.165, 1.54) is 30.2 Å². The van der Waals surface area contributed by atoms with Crippen LogP contribution in [-0.4, -0.2) is 29.6 Å². The Kier molecular flexibility index (Phi) is 4.83. The van der Waals surface area contributed by atoms with Crippen LogP contribution in [0.15, 0.2) is 35.8 Å². The van der Waals surface area contributed by atoms with E-state index in [1.807, 2.05) is 11.4 Å². The molecule has 1 aliphatic rings. The van der Waals surface area contributed by atoms with Crippen molar-refractivity contribution in [2.24, 2.45) is 5.92 Å². The van der Waals surface area contributed by atoms with Gasteiger partial charge in [-0.15, -0.1) is 0 Å². The highest BCUT2D eigenvalue weighted by molar-refractivity contribution is 7.11. The summed E-state index contributed by atoms with van der Waals surface area (Å²) in [6.07, 6.45) is 4.11. The van der Waals surface area contributed by atoms with Gasteiger partial charge >= 0.3 is 0 Å². The van der Waals surface area contributed by atoms with Gasteiger partial charge < -0.3 is 4.74 Å². The molecule has 21 heavy (non-hydrogen) atoms. The first-order valence-electron chi connectivity index (χ1n) is 7.29. The highest BCUT2D eigenvalue weighted by atomic mass is 32.1. The monoisotopic (exact) mass is 306 g/mol. The molecule has 0 amide bonds. The Morgan fingerprint density at radius 2 is 2.38 bits per heavy atom. The zero-order chi connectivity index (χ0) is 14.5. The van der Waals surface area contributed by atoms with E-state index in [-0.39, 0.29) is 5.82 Å². The van der Waals surface area contributed by atoms with Gasteiger partial charge in [-0.25, -0.2) is 9.37 Å². The van der Waals surface area contributed by atoms with Crippen molar-refractivity contribution in [2.45, 2.75) is 19.4 Å². The van der Waals surface area contributed by atoms with Crippen molar-refractivity contribution in [1.29, 1.82) is 0 Å². The van der Waals surface area contributed by atoms with Crippen LogP contribution in [0.3, 0.4) is 0 Å². The number of piperidine rings is 1. The summed E-state index contributed by atoms with van der Waals surface area (Å²) in [5.74, 6) is 0.365. The molecule has 2 heterocycles. The number of thiazole rings is 1. The molecule has 0 radical (unpaired) electrons. The van der Waals surface area contributed by atoms with Gasteiger partial charge in [0.05, 0.1) is 6.61 Å². The topological polar surface area (TPSA) is 25.4 Å². The van der Waals surface area contributed by atoms with E-state index < -0.39 is 0 Å². The molecule has 0 N–H and O–H groups in total. The third kappa shape index (κ3) is 4.25. The van der Waals surface area contributed by atoms with Crippen LogP contribution in [0.25, 0.3) is 0 Å². The summed E-state index contributed by atoms with van der Waals surface area (Å²) in [6.45, 7) is 3.60. The second-order valence-corrected chi connectivity index (χ2v) is 6.34. The summed E-state index contributed by atoms with van der Waals surface area (Å²) >= 11 is 1.53. The van der Waals surface area contributed by atoms with Crippen molar-refractivity contribution < 1.29 is 9.13 Å². The van der Waals surface area contributed by atoms with Crippen LogP contribution >= 0.6 is 11.3 Å². The third-order valence-corrected chi connectivity index (χ3v) is 4.43. The van der Waals surface area contributed by atoms with Crippen LogP contribution in [0.5, 0.6) is 5.19 Å². The first-order valence-corrected chi connectivity index (χ1v) is 8.16. The first-order chi connectivity index (χ1) is 10.3. The Hall–Kier alpha value is -1.46. The smallest absolute Gasteiger partial charge is 0.273 e. The molecule has 1 fully saturated rings. The summed E-state index contributed by atoms with van der Waals surface area (Å²) in [5, 5.41) is 2.67. The number of aromatic nitrogens is 1. The largest absolute Gasteiger partial charge is 0.470 e. The molecule has 0 spiro atoms. The molecule has 1 unspecified atom stereocenters. The lowest BCUT2D eigenvalue weighted by molar-refractivity contribution is 0.125. The van der Waals surface area contributed by atoms with Crippen molar-refractivity contribution in [2.75, 3.05) is 19.7 Å². The van der Waals surface area contributed by atoms with Gasteiger partial charge in [0.25, 0.3) is 5.19 Å². The van der Waals surface area contributed by atoms with E-state index in [2.05, 4.69) is 9.88 Å². The Bertz CT molecular complexity index is 561. The van der Waals surface area contributed by atoms with Gasteiger partial charge in [-0.1, -0.05) is 23.5 Å². The number of ether oxygens (including phenoxy) is 1. The normalized spacial score (nSPS) is 19.6. The molecule has 1 aromatic carbocycles. The number of hydrogen-bond acceptors (Lipinski definition) is 4. The molecule has 2 aromatic rings.